The van der Waals surface area contributed by atoms with Crippen molar-refractivity contribution in [1.82, 2.24) is 14.5 Å². The number of aromatic carboxylic acids is 1. The summed E-state index contributed by atoms with van der Waals surface area (Å²) < 4.78 is 14.2. The number of benzene rings is 2. The van der Waals surface area contributed by atoms with Gasteiger partial charge >= 0.3 is 5.97 Å². The summed E-state index contributed by atoms with van der Waals surface area (Å²) in [5.74, 6) is -0.606. The van der Waals surface area contributed by atoms with Crippen LogP contribution in [-0.4, -0.2) is 71.5 Å². The molecule has 2 aliphatic heterocycles. The van der Waals surface area contributed by atoms with E-state index in [1.165, 1.54) is 31.5 Å². The number of nitrogens with zero attached hydrogens (tertiary/aromatic N) is 4. The zero-order valence-corrected chi connectivity index (χ0v) is 24.6. The molecule has 0 spiro atoms. The molecule has 4 heterocycles. The number of fused-ring (bicyclic) bond motifs is 1. The average molecular weight is 622 g/mol. The molecule has 2 saturated heterocycles. The molecule has 214 valence electrons. The number of hydrogen-bond donors (Lipinski definition) is 1. The van der Waals surface area contributed by atoms with Crippen LogP contribution in [0.5, 0.6) is 0 Å². The summed E-state index contributed by atoms with van der Waals surface area (Å²) in [5.41, 5.74) is 3.68. The van der Waals surface area contributed by atoms with Gasteiger partial charge < -0.3 is 23.7 Å². The zero-order chi connectivity index (χ0) is 28.5. The number of carboxylic acids is 1. The molecule has 9 nitrogen and oxygen atoms in total. The minimum Gasteiger partial charge on any atom is -0.477 e. The molecule has 41 heavy (non-hydrogen) atoms. The predicted octanol–water partition coefficient (Wildman–Crippen LogP) is 5.36. The van der Waals surface area contributed by atoms with Crippen molar-refractivity contribution >= 4 is 38.7 Å². The first kappa shape index (κ1) is 27.7. The van der Waals surface area contributed by atoms with Gasteiger partial charge in [-0.3, -0.25) is 9.69 Å². The maximum Gasteiger partial charge on any atom is 0.341 e. The number of pyridine rings is 1. The number of halogens is 1. The van der Waals surface area contributed by atoms with Gasteiger partial charge in [0.05, 0.1) is 18.0 Å². The quantitative estimate of drug-likeness (QED) is 0.267. The van der Waals surface area contributed by atoms with E-state index in [1.807, 2.05) is 36.4 Å². The van der Waals surface area contributed by atoms with Gasteiger partial charge in [0.25, 0.3) is 0 Å². The Bertz CT molecular complexity index is 1640. The highest BCUT2D eigenvalue weighted by atomic mass is 79.9. The number of likely N-dealkylation sites (tertiary alicyclic amines) is 1. The van der Waals surface area contributed by atoms with Crippen molar-refractivity contribution < 1.29 is 19.1 Å². The van der Waals surface area contributed by atoms with Crippen molar-refractivity contribution in [3.05, 3.63) is 74.8 Å². The van der Waals surface area contributed by atoms with Crippen LogP contribution in [0.15, 0.2) is 62.3 Å². The van der Waals surface area contributed by atoms with Gasteiger partial charge in [-0.15, -0.1) is 0 Å². The molecule has 0 amide bonds. The van der Waals surface area contributed by atoms with Crippen LogP contribution < -0.4 is 10.3 Å². The maximum absolute atomic E-state index is 12.8. The van der Waals surface area contributed by atoms with E-state index in [2.05, 4.69) is 25.7 Å². The summed E-state index contributed by atoms with van der Waals surface area (Å²) in [4.78, 5) is 34.2. The first-order valence-corrected chi connectivity index (χ1v) is 14.9. The van der Waals surface area contributed by atoms with Crippen LogP contribution in [0, 0.1) is 0 Å². The second-order valence-corrected chi connectivity index (χ2v) is 11.6. The highest BCUT2D eigenvalue weighted by molar-refractivity contribution is 9.10. The SMILES string of the molecule is COC[C@H]1CCCN1CCc1nc2ccc(-n3cc(C(=O)O)c(=O)cc3-c3ccc(N4CCCC4)c(Br)c3)cc2o1. The molecule has 2 aromatic carbocycles. The number of oxazole rings is 1. The molecule has 2 aromatic heterocycles. The van der Waals surface area contributed by atoms with E-state index in [9.17, 15) is 14.7 Å². The molecular formula is C31H33BrN4O5. The smallest absolute Gasteiger partial charge is 0.341 e. The largest absolute Gasteiger partial charge is 0.477 e. The third kappa shape index (κ3) is 5.68. The van der Waals surface area contributed by atoms with Crippen molar-refractivity contribution in [2.45, 2.75) is 38.1 Å². The predicted molar refractivity (Wildman–Crippen MR) is 161 cm³/mol. The lowest BCUT2D eigenvalue weighted by atomic mass is 10.1. The highest BCUT2D eigenvalue weighted by Crippen LogP contribution is 2.34. The van der Waals surface area contributed by atoms with E-state index in [0.29, 0.717) is 35.3 Å². The molecule has 1 N–H and O–H groups in total. The van der Waals surface area contributed by atoms with Crippen molar-refractivity contribution in [2.24, 2.45) is 0 Å². The van der Waals surface area contributed by atoms with Gasteiger partial charge in [0.2, 0.25) is 0 Å². The summed E-state index contributed by atoms with van der Waals surface area (Å²) in [6.07, 6.45) is 6.73. The van der Waals surface area contributed by atoms with Crippen molar-refractivity contribution in [3.63, 3.8) is 0 Å². The van der Waals surface area contributed by atoms with E-state index in [-0.39, 0.29) is 5.56 Å². The number of rotatable bonds is 9. The fourth-order valence-corrected chi connectivity index (χ4v) is 6.67. The standard InChI is InChI=1S/C31H33BrN4O5/c1-40-19-22-5-4-13-34(22)14-10-30-33-25-8-7-21(16-29(25)41-30)36-18-23(31(38)39)28(37)17-27(36)20-6-9-26(24(32)15-20)35-11-2-3-12-35/h6-9,15-18,22H,2-5,10-14,19H2,1H3,(H,38,39)/t22-/m1/s1. The molecule has 0 saturated carbocycles. The lowest BCUT2D eigenvalue weighted by Gasteiger charge is -2.22. The van der Waals surface area contributed by atoms with E-state index in [0.717, 1.165) is 60.4 Å². The fraction of sp³-hybridized carbons (Fsp3) is 0.387. The van der Waals surface area contributed by atoms with Crippen LogP contribution in [-0.2, 0) is 11.2 Å². The van der Waals surface area contributed by atoms with Gasteiger partial charge in [0, 0.05) is 67.7 Å². The number of methoxy groups -OCH3 is 1. The van der Waals surface area contributed by atoms with Gasteiger partial charge in [-0.2, -0.15) is 0 Å². The summed E-state index contributed by atoms with van der Waals surface area (Å²) >= 11 is 3.72. The molecule has 0 radical (unpaired) electrons. The second-order valence-electron chi connectivity index (χ2n) is 10.8. The van der Waals surface area contributed by atoms with E-state index >= 15 is 0 Å². The number of aromatic nitrogens is 2. The molecule has 1 atom stereocenters. The van der Waals surface area contributed by atoms with Gasteiger partial charge in [0.15, 0.2) is 16.9 Å². The minimum atomic E-state index is -1.27. The molecule has 4 aromatic rings. The Hall–Kier alpha value is -3.47. The lowest BCUT2D eigenvalue weighted by Crippen LogP contribution is -2.34. The lowest BCUT2D eigenvalue weighted by molar-refractivity contribution is 0.0695. The van der Waals surface area contributed by atoms with Gasteiger partial charge in [-0.05, 0) is 78.0 Å². The summed E-state index contributed by atoms with van der Waals surface area (Å²) in [7, 11) is 1.74. The summed E-state index contributed by atoms with van der Waals surface area (Å²) in [6, 6.07) is 13.4. The second kappa shape index (κ2) is 11.8. The Morgan fingerprint density at radius 3 is 2.71 bits per heavy atom. The topological polar surface area (TPSA) is 101 Å². The van der Waals surface area contributed by atoms with Crippen LogP contribution in [0.4, 0.5) is 5.69 Å². The third-order valence-electron chi connectivity index (χ3n) is 8.14. The van der Waals surface area contributed by atoms with Crippen molar-refractivity contribution in [1.29, 1.82) is 0 Å². The molecular weight excluding hydrogens is 588 g/mol. The molecule has 0 unspecified atom stereocenters. The Labute approximate surface area is 246 Å². The first-order chi connectivity index (χ1) is 19.9. The molecule has 6 rings (SSSR count). The van der Waals surface area contributed by atoms with Gasteiger partial charge in [-0.1, -0.05) is 6.07 Å². The van der Waals surface area contributed by atoms with Crippen LogP contribution in [0.25, 0.3) is 28.0 Å². The molecule has 0 bridgehead atoms. The number of anilines is 1. The van der Waals surface area contributed by atoms with Crippen LogP contribution in [0.2, 0.25) is 0 Å². The summed E-state index contributed by atoms with van der Waals surface area (Å²) in [5, 5.41) is 9.71. The zero-order valence-electron chi connectivity index (χ0n) is 23.0. The highest BCUT2D eigenvalue weighted by Gasteiger charge is 2.24. The normalized spacial score (nSPS) is 17.6. The molecule has 2 aliphatic rings. The molecule has 10 heteroatoms. The van der Waals surface area contributed by atoms with E-state index in [1.54, 1.807) is 11.7 Å². The number of ether oxygens (including phenoxy) is 1. The number of carbonyl (C=O) groups is 1. The van der Waals surface area contributed by atoms with Gasteiger partial charge in [-0.25, -0.2) is 9.78 Å². The Kier molecular flexibility index (Phi) is 7.96. The third-order valence-corrected chi connectivity index (χ3v) is 8.77. The number of carboxylic acid groups (broad SMARTS) is 1. The first-order valence-electron chi connectivity index (χ1n) is 14.1. The molecule has 0 aliphatic carbocycles. The average Bonchev–Trinajstić information content (AvgIpc) is 3.72. The number of hydrogen-bond acceptors (Lipinski definition) is 7. The Morgan fingerprint density at radius 2 is 1.95 bits per heavy atom. The van der Waals surface area contributed by atoms with Crippen molar-refractivity contribution in [2.75, 3.05) is 44.8 Å². The summed E-state index contributed by atoms with van der Waals surface area (Å²) in [6.45, 7) is 4.66. The Balaban J connectivity index is 1.34. The minimum absolute atomic E-state index is 0.295. The van der Waals surface area contributed by atoms with Crippen LogP contribution in [0.3, 0.4) is 0 Å². The Morgan fingerprint density at radius 1 is 1.12 bits per heavy atom. The maximum atomic E-state index is 12.8. The van der Waals surface area contributed by atoms with E-state index in [4.69, 9.17) is 14.1 Å². The van der Waals surface area contributed by atoms with E-state index < -0.39 is 11.4 Å². The monoisotopic (exact) mass is 620 g/mol. The van der Waals surface area contributed by atoms with Crippen LogP contribution in [0.1, 0.15) is 41.9 Å². The van der Waals surface area contributed by atoms with Gasteiger partial charge in [0.1, 0.15) is 11.1 Å². The van der Waals surface area contributed by atoms with Crippen molar-refractivity contribution in [3.8, 4) is 16.9 Å². The molecule has 2 fully saturated rings. The fourth-order valence-electron chi connectivity index (χ4n) is 6.04. The van der Waals surface area contributed by atoms with Crippen LogP contribution >= 0.6 is 15.9 Å².